The van der Waals surface area contributed by atoms with Crippen LogP contribution in [-0.2, 0) is 24.0 Å². The Hall–Kier alpha value is -2.73. The van der Waals surface area contributed by atoms with Gasteiger partial charge in [-0.2, -0.15) is 0 Å². The van der Waals surface area contributed by atoms with Crippen LogP contribution < -0.4 is 37.6 Å². The number of carbonyl (C=O) groups excluding carboxylic acids is 5. The highest BCUT2D eigenvalue weighted by molar-refractivity contribution is 5.96. The molecule has 0 saturated carbocycles. The van der Waals surface area contributed by atoms with E-state index in [1.807, 2.05) is 0 Å². The Balaban J connectivity index is 2.67. The molecular formula is C46H89N7O5. The number of hydrogen-bond donors (Lipinski definition) is 7. The van der Waals surface area contributed by atoms with Crippen molar-refractivity contribution in [1.82, 2.24) is 31.9 Å². The number of nitrogens with one attached hydrogen (secondary N) is 6. The first-order chi connectivity index (χ1) is 28.2. The summed E-state index contributed by atoms with van der Waals surface area (Å²) in [6.45, 7) is 8.26. The second kappa shape index (κ2) is 37.3. The lowest BCUT2D eigenvalue weighted by Crippen LogP contribution is -2.57. The SMILES string of the molecule is CCCCCCCCCCCCCCNC(=O)C[C@H](NC(=O)[C@H](CCCCN)NC(=O)[C@H](C)NC(=O)[C@@H]1CCCN1)C(=O)NCCCCCCCCCCCCCC. The number of carbonyl (C=O) groups is 5. The van der Waals surface area contributed by atoms with E-state index in [4.69, 9.17) is 5.73 Å². The topological polar surface area (TPSA) is 184 Å². The van der Waals surface area contributed by atoms with Gasteiger partial charge in [-0.05, 0) is 65.0 Å². The molecule has 58 heavy (non-hydrogen) atoms. The highest BCUT2D eigenvalue weighted by Gasteiger charge is 2.30. The van der Waals surface area contributed by atoms with Crippen molar-refractivity contribution in [2.75, 3.05) is 26.2 Å². The van der Waals surface area contributed by atoms with E-state index in [1.54, 1.807) is 6.92 Å². The van der Waals surface area contributed by atoms with Gasteiger partial charge >= 0.3 is 0 Å². The van der Waals surface area contributed by atoms with Crippen LogP contribution in [0, 0.1) is 0 Å². The lowest BCUT2D eigenvalue weighted by Gasteiger charge is -2.25. The predicted octanol–water partition coefficient (Wildman–Crippen LogP) is 7.37. The summed E-state index contributed by atoms with van der Waals surface area (Å²) in [4.78, 5) is 66.2. The third-order valence-corrected chi connectivity index (χ3v) is 11.4. The van der Waals surface area contributed by atoms with Gasteiger partial charge in [0.1, 0.15) is 18.1 Å². The van der Waals surface area contributed by atoms with E-state index in [0.717, 1.165) is 51.5 Å². The van der Waals surface area contributed by atoms with E-state index in [1.165, 1.54) is 116 Å². The monoisotopic (exact) mass is 820 g/mol. The summed E-state index contributed by atoms with van der Waals surface area (Å²) in [6, 6.07) is -3.25. The van der Waals surface area contributed by atoms with Gasteiger partial charge in [0.2, 0.25) is 29.5 Å². The highest BCUT2D eigenvalue weighted by Crippen LogP contribution is 2.14. The normalized spacial score (nSPS) is 15.3. The maximum absolute atomic E-state index is 13.7. The molecule has 0 aromatic carbocycles. The van der Waals surface area contributed by atoms with E-state index < -0.39 is 35.8 Å². The predicted molar refractivity (Wildman–Crippen MR) is 238 cm³/mol. The van der Waals surface area contributed by atoms with Crippen molar-refractivity contribution in [2.24, 2.45) is 5.73 Å². The van der Waals surface area contributed by atoms with Crippen LogP contribution in [0.25, 0.3) is 0 Å². The van der Waals surface area contributed by atoms with Gasteiger partial charge < -0.3 is 37.6 Å². The van der Waals surface area contributed by atoms with Crippen LogP contribution >= 0.6 is 0 Å². The van der Waals surface area contributed by atoms with E-state index in [9.17, 15) is 24.0 Å². The second-order valence-corrected chi connectivity index (χ2v) is 16.9. The Labute approximate surface area is 354 Å². The van der Waals surface area contributed by atoms with Crippen LogP contribution in [0.2, 0.25) is 0 Å². The van der Waals surface area contributed by atoms with Gasteiger partial charge in [0.25, 0.3) is 0 Å². The van der Waals surface area contributed by atoms with Crippen LogP contribution in [0.3, 0.4) is 0 Å². The summed E-state index contributed by atoms with van der Waals surface area (Å²) in [7, 11) is 0. The summed E-state index contributed by atoms with van der Waals surface area (Å²) in [5.41, 5.74) is 5.72. The lowest BCUT2D eigenvalue weighted by atomic mass is 10.0. The molecule has 0 bridgehead atoms. The first kappa shape index (κ1) is 53.3. The Morgan fingerprint density at radius 1 is 0.552 bits per heavy atom. The van der Waals surface area contributed by atoms with Crippen molar-refractivity contribution in [3.8, 4) is 0 Å². The Morgan fingerprint density at radius 2 is 1.02 bits per heavy atom. The Morgan fingerprint density at radius 3 is 1.48 bits per heavy atom. The fraction of sp³-hybridized carbons (Fsp3) is 0.891. The van der Waals surface area contributed by atoms with E-state index in [0.29, 0.717) is 45.3 Å². The molecule has 0 spiro atoms. The third-order valence-electron chi connectivity index (χ3n) is 11.4. The molecule has 0 aliphatic carbocycles. The standard InChI is InChI=1S/C46H89N7O5/c1-4-6-8-10-12-14-16-18-20-22-24-28-34-49-42(54)37-41(44(56)50-35-29-25-23-21-19-17-15-13-11-9-7-5-2)53-46(58)40(31-26-27-33-47)52-43(55)38(3)51-45(57)39-32-30-36-48-39/h38-41,48H,4-37,47H2,1-3H3,(H,49,54)(H,50,56)(H,51,57)(H,52,55)(H,53,58)/t38-,39-,40-,41-/m0/s1. The zero-order chi connectivity index (χ0) is 42.5. The van der Waals surface area contributed by atoms with Crippen molar-refractivity contribution in [3.05, 3.63) is 0 Å². The molecule has 12 heteroatoms. The molecule has 5 amide bonds. The van der Waals surface area contributed by atoms with Gasteiger partial charge in [-0.3, -0.25) is 24.0 Å². The smallest absolute Gasteiger partial charge is 0.243 e. The van der Waals surface area contributed by atoms with Gasteiger partial charge in [0, 0.05) is 13.1 Å². The molecule has 0 radical (unpaired) electrons. The first-order valence-corrected chi connectivity index (χ1v) is 24.1. The van der Waals surface area contributed by atoms with E-state index in [2.05, 4.69) is 45.7 Å². The third kappa shape index (κ3) is 28.7. The Bertz CT molecular complexity index is 1070. The largest absolute Gasteiger partial charge is 0.356 e. The zero-order valence-electron chi connectivity index (χ0n) is 37.5. The van der Waals surface area contributed by atoms with Crippen LogP contribution in [0.4, 0.5) is 0 Å². The number of unbranched alkanes of at least 4 members (excludes halogenated alkanes) is 23. The van der Waals surface area contributed by atoms with Crippen LogP contribution in [0.5, 0.6) is 0 Å². The molecule has 1 aliphatic rings. The van der Waals surface area contributed by atoms with Gasteiger partial charge in [0.05, 0.1) is 12.5 Å². The molecule has 1 rings (SSSR count). The average Bonchev–Trinajstić information content (AvgIpc) is 3.76. The summed E-state index contributed by atoms with van der Waals surface area (Å²) < 4.78 is 0. The number of nitrogens with two attached hydrogens (primary N) is 1. The average molecular weight is 820 g/mol. The van der Waals surface area contributed by atoms with Crippen molar-refractivity contribution in [2.45, 2.75) is 238 Å². The number of hydrogen-bond acceptors (Lipinski definition) is 7. The van der Waals surface area contributed by atoms with Crippen molar-refractivity contribution < 1.29 is 24.0 Å². The molecule has 4 atom stereocenters. The molecule has 1 saturated heterocycles. The minimum absolute atomic E-state index is 0.196. The maximum Gasteiger partial charge on any atom is 0.243 e. The summed E-state index contributed by atoms with van der Waals surface area (Å²) in [5, 5.41) is 17.4. The molecule has 0 unspecified atom stereocenters. The van der Waals surface area contributed by atoms with E-state index >= 15 is 0 Å². The molecule has 0 aromatic rings. The van der Waals surface area contributed by atoms with Gasteiger partial charge in [-0.25, -0.2) is 0 Å². The molecule has 8 N–H and O–H groups in total. The molecular weight excluding hydrogens is 731 g/mol. The summed E-state index contributed by atoms with van der Waals surface area (Å²) in [6.07, 6.45) is 32.4. The quantitative estimate of drug-likeness (QED) is 0.0316. The molecule has 12 nitrogen and oxygen atoms in total. The van der Waals surface area contributed by atoms with Crippen LogP contribution in [0.15, 0.2) is 0 Å². The number of amides is 5. The van der Waals surface area contributed by atoms with Crippen LogP contribution in [-0.4, -0.2) is 79.9 Å². The maximum atomic E-state index is 13.7. The van der Waals surface area contributed by atoms with Gasteiger partial charge in [-0.15, -0.1) is 0 Å². The summed E-state index contributed by atoms with van der Waals surface area (Å²) in [5.74, 6) is -1.99. The number of rotatable bonds is 39. The minimum Gasteiger partial charge on any atom is -0.356 e. The zero-order valence-corrected chi connectivity index (χ0v) is 37.5. The van der Waals surface area contributed by atoms with Crippen LogP contribution in [0.1, 0.15) is 213 Å². The molecule has 338 valence electrons. The van der Waals surface area contributed by atoms with Gasteiger partial charge in [-0.1, -0.05) is 155 Å². The molecule has 1 heterocycles. The van der Waals surface area contributed by atoms with Crippen molar-refractivity contribution in [1.29, 1.82) is 0 Å². The second-order valence-electron chi connectivity index (χ2n) is 16.9. The molecule has 0 aromatic heterocycles. The first-order valence-electron chi connectivity index (χ1n) is 24.1. The molecule has 1 aliphatic heterocycles. The lowest BCUT2D eigenvalue weighted by molar-refractivity contribution is -0.135. The highest BCUT2D eigenvalue weighted by atomic mass is 16.2. The fourth-order valence-electron chi connectivity index (χ4n) is 7.58. The van der Waals surface area contributed by atoms with Gasteiger partial charge in [0.15, 0.2) is 0 Å². The van der Waals surface area contributed by atoms with E-state index in [-0.39, 0.29) is 24.3 Å². The fourth-order valence-corrected chi connectivity index (χ4v) is 7.58. The molecule has 1 fully saturated rings. The van der Waals surface area contributed by atoms with Crippen molar-refractivity contribution in [3.63, 3.8) is 0 Å². The summed E-state index contributed by atoms with van der Waals surface area (Å²) >= 11 is 0. The Kier molecular flexibility index (Phi) is 34.3. The minimum atomic E-state index is -1.09. The van der Waals surface area contributed by atoms with Crippen molar-refractivity contribution >= 4 is 29.5 Å².